The number of aromatic nitrogens is 2. The molecule has 1 aromatic carbocycles. The Hall–Kier alpha value is -2.72. The Bertz CT molecular complexity index is 1010. The first-order valence-electron chi connectivity index (χ1n) is 10.5. The second-order valence-corrected chi connectivity index (χ2v) is 8.31. The number of carbonyl (C=O) groups excluding carboxylic acids is 1. The minimum Gasteiger partial charge on any atom is -0.365 e. The topological polar surface area (TPSA) is 85.4 Å². The molecule has 7 nitrogen and oxygen atoms in total. The van der Waals surface area contributed by atoms with E-state index < -0.39 is 24.1 Å². The summed E-state index contributed by atoms with van der Waals surface area (Å²) in [5.41, 5.74) is 0.134. The Morgan fingerprint density at radius 3 is 2.62 bits per heavy atom. The summed E-state index contributed by atoms with van der Waals surface area (Å²) in [6.07, 6.45) is -1.83. The third kappa shape index (κ3) is 5.02. The minimum absolute atomic E-state index is 0.00140. The fourth-order valence-corrected chi connectivity index (χ4v) is 3.61. The maximum atomic E-state index is 14.5. The summed E-state index contributed by atoms with van der Waals surface area (Å²) in [5.74, 6) is -0.430. The van der Waals surface area contributed by atoms with Crippen molar-refractivity contribution in [2.45, 2.75) is 57.9 Å². The minimum atomic E-state index is -2.91. The van der Waals surface area contributed by atoms with Gasteiger partial charge in [-0.15, -0.1) is 0 Å². The van der Waals surface area contributed by atoms with Crippen molar-refractivity contribution in [3.05, 3.63) is 52.2 Å². The monoisotopic (exact) mass is 450 g/mol. The van der Waals surface area contributed by atoms with E-state index in [1.54, 1.807) is 6.92 Å². The number of amides is 1. The maximum Gasteiger partial charge on any atom is 0.266 e. The van der Waals surface area contributed by atoms with Crippen LogP contribution in [0.4, 0.5) is 19.0 Å². The molecule has 1 saturated heterocycles. The van der Waals surface area contributed by atoms with E-state index in [1.165, 1.54) is 12.1 Å². The van der Waals surface area contributed by atoms with Gasteiger partial charge in [0.2, 0.25) is 5.91 Å². The van der Waals surface area contributed by atoms with E-state index >= 15 is 0 Å². The molecule has 1 aliphatic heterocycles. The number of aryl methyl sites for hydroxylation is 1. The van der Waals surface area contributed by atoms with Crippen molar-refractivity contribution in [2.24, 2.45) is 0 Å². The second-order valence-electron chi connectivity index (χ2n) is 8.31. The highest BCUT2D eigenvalue weighted by Crippen LogP contribution is 2.35. The maximum absolute atomic E-state index is 14.5. The van der Waals surface area contributed by atoms with Gasteiger partial charge in [0.25, 0.3) is 6.43 Å². The third-order valence-corrected chi connectivity index (χ3v) is 5.55. The van der Waals surface area contributed by atoms with E-state index in [0.29, 0.717) is 36.1 Å². The standard InChI is InChI=1S/C22H25F3N4O3/c1-12-27-15(10-16(30)29-22(2)6-7-22)17(21-31-8-9-32-21)20(28-12)26-11-13-4-3-5-14(18(13)23)19(24)25/h3-5,19,21H,6-11H2,1-2H3,(H,29,30)(H,26,27,28). The van der Waals surface area contributed by atoms with Gasteiger partial charge in [-0.1, -0.05) is 18.2 Å². The summed E-state index contributed by atoms with van der Waals surface area (Å²) < 4.78 is 51.8. The largest absolute Gasteiger partial charge is 0.365 e. The number of carbonyl (C=O) groups is 1. The SMILES string of the molecule is Cc1nc(CC(=O)NC2(C)CC2)c(C2OCCO2)c(NCc2cccc(C(F)F)c2F)n1. The van der Waals surface area contributed by atoms with Gasteiger partial charge in [0, 0.05) is 17.6 Å². The molecule has 4 rings (SSSR count). The van der Waals surface area contributed by atoms with Gasteiger partial charge in [0.15, 0.2) is 6.29 Å². The van der Waals surface area contributed by atoms with Crippen molar-refractivity contribution in [3.8, 4) is 0 Å². The number of rotatable bonds is 8. The van der Waals surface area contributed by atoms with Gasteiger partial charge in [-0.05, 0) is 26.7 Å². The Labute approximate surface area is 183 Å². The van der Waals surface area contributed by atoms with Crippen LogP contribution in [0.1, 0.15) is 60.7 Å². The quantitative estimate of drug-likeness (QED) is 0.638. The van der Waals surface area contributed by atoms with Crippen LogP contribution < -0.4 is 10.6 Å². The van der Waals surface area contributed by atoms with Gasteiger partial charge in [0.1, 0.15) is 17.5 Å². The molecule has 0 spiro atoms. The van der Waals surface area contributed by atoms with Crippen LogP contribution in [0.2, 0.25) is 0 Å². The Morgan fingerprint density at radius 1 is 1.25 bits per heavy atom. The Morgan fingerprint density at radius 2 is 1.97 bits per heavy atom. The predicted octanol–water partition coefficient (Wildman–Crippen LogP) is 3.73. The molecule has 2 heterocycles. The van der Waals surface area contributed by atoms with E-state index in [-0.39, 0.29) is 30.0 Å². The van der Waals surface area contributed by atoms with Crippen LogP contribution in [-0.2, 0) is 27.2 Å². The van der Waals surface area contributed by atoms with Crippen molar-refractivity contribution in [1.29, 1.82) is 0 Å². The molecule has 1 saturated carbocycles. The smallest absolute Gasteiger partial charge is 0.266 e. The molecule has 1 amide bonds. The number of hydrogen-bond donors (Lipinski definition) is 2. The number of halogens is 3. The average molecular weight is 450 g/mol. The molecule has 0 radical (unpaired) electrons. The predicted molar refractivity (Wildman–Crippen MR) is 110 cm³/mol. The molecule has 0 bridgehead atoms. The molecule has 2 N–H and O–H groups in total. The number of alkyl halides is 2. The van der Waals surface area contributed by atoms with E-state index in [2.05, 4.69) is 20.6 Å². The molecule has 2 fully saturated rings. The lowest BCUT2D eigenvalue weighted by atomic mass is 10.1. The van der Waals surface area contributed by atoms with Crippen LogP contribution in [0.3, 0.4) is 0 Å². The average Bonchev–Trinajstić information content (AvgIpc) is 3.21. The van der Waals surface area contributed by atoms with E-state index in [0.717, 1.165) is 18.9 Å². The Kier molecular flexibility index (Phi) is 6.34. The first-order valence-corrected chi connectivity index (χ1v) is 10.5. The zero-order chi connectivity index (χ0) is 22.9. The summed E-state index contributed by atoms with van der Waals surface area (Å²) in [5, 5.41) is 6.00. The van der Waals surface area contributed by atoms with Gasteiger partial charge in [-0.3, -0.25) is 4.79 Å². The zero-order valence-corrected chi connectivity index (χ0v) is 17.9. The molecule has 2 aliphatic rings. The number of nitrogens with one attached hydrogen (secondary N) is 2. The van der Waals surface area contributed by atoms with Crippen LogP contribution >= 0.6 is 0 Å². The lowest BCUT2D eigenvalue weighted by molar-refractivity contribution is -0.121. The van der Waals surface area contributed by atoms with Crippen LogP contribution in [0, 0.1) is 12.7 Å². The van der Waals surface area contributed by atoms with Crippen molar-refractivity contribution < 1.29 is 27.4 Å². The number of anilines is 1. The van der Waals surface area contributed by atoms with Crippen molar-refractivity contribution in [3.63, 3.8) is 0 Å². The molecular weight excluding hydrogens is 425 g/mol. The van der Waals surface area contributed by atoms with Crippen LogP contribution in [0.25, 0.3) is 0 Å². The van der Waals surface area contributed by atoms with Crippen molar-refractivity contribution in [2.75, 3.05) is 18.5 Å². The Balaban J connectivity index is 1.61. The number of nitrogens with zero attached hydrogens (tertiary/aromatic N) is 2. The van der Waals surface area contributed by atoms with Crippen molar-refractivity contribution in [1.82, 2.24) is 15.3 Å². The molecule has 172 valence electrons. The highest BCUT2D eigenvalue weighted by atomic mass is 19.3. The lowest BCUT2D eigenvalue weighted by Gasteiger charge is -2.20. The van der Waals surface area contributed by atoms with Gasteiger partial charge in [0.05, 0.1) is 36.5 Å². The molecule has 10 heteroatoms. The number of ether oxygens (including phenoxy) is 2. The highest BCUT2D eigenvalue weighted by molar-refractivity contribution is 5.80. The molecule has 0 unspecified atom stereocenters. The van der Waals surface area contributed by atoms with Crippen LogP contribution in [0.5, 0.6) is 0 Å². The van der Waals surface area contributed by atoms with E-state index in [9.17, 15) is 18.0 Å². The second kappa shape index (κ2) is 9.03. The first kappa shape index (κ1) is 22.5. The lowest BCUT2D eigenvalue weighted by Crippen LogP contribution is -2.36. The van der Waals surface area contributed by atoms with Crippen LogP contribution in [0.15, 0.2) is 18.2 Å². The summed E-state index contributed by atoms with van der Waals surface area (Å²) >= 11 is 0. The van der Waals surface area contributed by atoms with Gasteiger partial charge in [-0.2, -0.15) is 0 Å². The molecule has 0 atom stereocenters. The summed E-state index contributed by atoms with van der Waals surface area (Å²) in [4.78, 5) is 21.4. The fourth-order valence-electron chi connectivity index (χ4n) is 3.61. The zero-order valence-electron chi connectivity index (χ0n) is 17.9. The summed E-state index contributed by atoms with van der Waals surface area (Å²) in [6, 6.07) is 3.86. The third-order valence-electron chi connectivity index (χ3n) is 5.55. The molecule has 32 heavy (non-hydrogen) atoms. The normalized spacial score (nSPS) is 17.6. The van der Waals surface area contributed by atoms with E-state index in [4.69, 9.17) is 9.47 Å². The first-order chi connectivity index (χ1) is 15.3. The van der Waals surface area contributed by atoms with Gasteiger partial charge >= 0.3 is 0 Å². The highest BCUT2D eigenvalue weighted by Gasteiger charge is 2.39. The van der Waals surface area contributed by atoms with Crippen LogP contribution in [-0.4, -0.2) is 34.6 Å². The van der Waals surface area contributed by atoms with Gasteiger partial charge < -0.3 is 20.1 Å². The van der Waals surface area contributed by atoms with Gasteiger partial charge in [-0.25, -0.2) is 23.1 Å². The number of benzene rings is 1. The molecule has 2 aromatic rings. The fraction of sp³-hybridized carbons (Fsp3) is 0.500. The molecule has 1 aliphatic carbocycles. The molecule has 1 aromatic heterocycles. The van der Waals surface area contributed by atoms with Crippen molar-refractivity contribution >= 4 is 11.7 Å². The molecular formula is C22H25F3N4O3. The summed E-state index contributed by atoms with van der Waals surface area (Å²) in [6.45, 7) is 4.30. The number of hydrogen-bond acceptors (Lipinski definition) is 6. The van der Waals surface area contributed by atoms with E-state index in [1.807, 2.05) is 6.92 Å². The summed E-state index contributed by atoms with van der Waals surface area (Å²) in [7, 11) is 0.